The van der Waals surface area contributed by atoms with E-state index in [1.165, 1.54) is 0 Å². The Labute approximate surface area is 199 Å². The molecule has 32 heavy (non-hydrogen) atoms. The molecule has 0 aliphatic heterocycles. The van der Waals surface area contributed by atoms with Crippen LogP contribution >= 0.6 is 11.8 Å². The highest BCUT2D eigenvalue weighted by Gasteiger charge is 2.66. The van der Waals surface area contributed by atoms with Crippen molar-refractivity contribution in [3.05, 3.63) is 0 Å². The fraction of sp³-hybridized carbons (Fsp3) is 0.923. The predicted molar refractivity (Wildman–Crippen MR) is 131 cm³/mol. The molecule has 5 nitrogen and oxygen atoms in total. The van der Waals surface area contributed by atoms with Gasteiger partial charge in [-0.3, -0.25) is 9.59 Å². The average molecular weight is 468 g/mol. The molecule has 3 aliphatic carbocycles. The lowest BCUT2D eigenvalue weighted by Crippen LogP contribution is -2.61. The van der Waals surface area contributed by atoms with Gasteiger partial charge in [-0.25, -0.2) is 0 Å². The fourth-order valence-corrected chi connectivity index (χ4v) is 8.09. The number of aliphatic hydroxyl groups is 1. The monoisotopic (exact) mass is 467 g/mol. The average Bonchev–Trinajstić information content (AvgIpc) is 3.12. The first-order valence-corrected chi connectivity index (χ1v) is 14.0. The number of carbonyl (C=O) groups is 2. The van der Waals surface area contributed by atoms with Crippen LogP contribution in [0.15, 0.2) is 0 Å². The van der Waals surface area contributed by atoms with Crippen molar-refractivity contribution >= 4 is 23.5 Å². The lowest BCUT2D eigenvalue weighted by molar-refractivity contribution is -0.198. The molecule has 3 aliphatic rings. The van der Waals surface area contributed by atoms with Crippen LogP contribution in [0, 0.1) is 34.5 Å². The molecule has 0 heterocycles. The Balaban J connectivity index is 1.79. The van der Waals surface area contributed by atoms with E-state index >= 15 is 0 Å². The summed E-state index contributed by atoms with van der Waals surface area (Å²) in [5.41, 5.74) is -0.522. The topological polar surface area (TPSA) is 66.8 Å². The van der Waals surface area contributed by atoms with Crippen molar-refractivity contribution in [2.75, 3.05) is 31.1 Å². The molecule has 8 unspecified atom stereocenters. The molecule has 8 atom stereocenters. The Morgan fingerprint density at radius 1 is 1.22 bits per heavy atom. The molecule has 3 rings (SSSR count). The van der Waals surface area contributed by atoms with Crippen molar-refractivity contribution < 1.29 is 19.4 Å². The van der Waals surface area contributed by atoms with E-state index in [0.29, 0.717) is 30.3 Å². The number of thioether (sulfide) groups is 1. The molecule has 3 fully saturated rings. The van der Waals surface area contributed by atoms with Crippen LogP contribution in [-0.4, -0.2) is 65.1 Å². The Morgan fingerprint density at radius 3 is 2.56 bits per heavy atom. The Bertz CT molecular complexity index is 683. The minimum atomic E-state index is -0.467. The van der Waals surface area contributed by atoms with Crippen molar-refractivity contribution in [1.29, 1.82) is 0 Å². The first kappa shape index (κ1) is 26.0. The fourth-order valence-electron chi connectivity index (χ4n) is 7.32. The Kier molecular flexibility index (Phi) is 8.42. The van der Waals surface area contributed by atoms with Gasteiger partial charge in [0.1, 0.15) is 11.9 Å². The summed E-state index contributed by atoms with van der Waals surface area (Å²) in [6, 6.07) is 0. The first-order chi connectivity index (χ1) is 15.1. The van der Waals surface area contributed by atoms with Gasteiger partial charge in [-0.1, -0.05) is 41.5 Å². The summed E-state index contributed by atoms with van der Waals surface area (Å²) in [7, 11) is 0. The molecule has 0 saturated heterocycles. The van der Waals surface area contributed by atoms with Gasteiger partial charge >= 0.3 is 5.97 Å². The molecule has 2 bridgehead atoms. The second-order valence-electron chi connectivity index (χ2n) is 11.0. The Hall–Kier alpha value is -0.590. The van der Waals surface area contributed by atoms with Gasteiger partial charge in [-0.05, 0) is 61.9 Å². The summed E-state index contributed by atoms with van der Waals surface area (Å²) >= 11 is 1.63. The van der Waals surface area contributed by atoms with Crippen LogP contribution < -0.4 is 0 Å². The number of ketones is 1. The summed E-state index contributed by atoms with van der Waals surface area (Å²) in [4.78, 5) is 28.6. The molecular weight excluding hydrogens is 422 g/mol. The van der Waals surface area contributed by atoms with Crippen molar-refractivity contribution in [2.45, 2.75) is 85.9 Å². The molecule has 3 saturated carbocycles. The van der Waals surface area contributed by atoms with Crippen LogP contribution in [-0.2, 0) is 14.3 Å². The highest BCUT2D eigenvalue weighted by atomic mass is 32.2. The second kappa shape index (κ2) is 10.4. The number of rotatable bonds is 8. The zero-order valence-electron chi connectivity index (χ0n) is 21.1. The van der Waals surface area contributed by atoms with E-state index in [1.54, 1.807) is 11.8 Å². The van der Waals surface area contributed by atoms with Gasteiger partial charge in [0.25, 0.3) is 0 Å². The molecule has 0 amide bonds. The molecule has 1 N–H and O–H groups in total. The van der Waals surface area contributed by atoms with E-state index in [0.717, 1.165) is 44.6 Å². The van der Waals surface area contributed by atoms with Crippen LogP contribution in [0.3, 0.4) is 0 Å². The lowest BCUT2D eigenvalue weighted by atomic mass is 9.45. The Morgan fingerprint density at radius 2 is 1.91 bits per heavy atom. The molecule has 0 aromatic heterocycles. The predicted octanol–water partition coefficient (Wildman–Crippen LogP) is 4.41. The maximum atomic E-state index is 13.3. The second-order valence-corrected chi connectivity index (χ2v) is 12.1. The minimum absolute atomic E-state index is 0.0382. The van der Waals surface area contributed by atoms with Crippen LogP contribution in [0.5, 0.6) is 0 Å². The standard InChI is InChI=1S/C26H45NO4S/c1-7-27(8-2)13-14-32-16-22(29)31-21-15-17(3)23(30)19(5)26-11-9-18(4)25(21,6)24(26)20(28)10-12-26/h17-19,21,23-24,30H,7-16H2,1-6H3. The van der Waals surface area contributed by atoms with E-state index in [4.69, 9.17) is 4.74 Å². The SMILES string of the molecule is CCN(CC)CCSCC(=O)OC1CC(C)C(O)C(C)C23CCC(=O)C2C1(C)C(C)CC3. The van der Waals surface area contributed by atoms with Crippen LogP contribution in [0.2, 0.25) is 0 Å². The number of ether oxygens (including phenoxy) is 1. The summed E-state index contributed by atoms with van der Waals surface area (Å²) in [6.07, 6.45) is 3.32. The normalized spacial score (nSPS) is 41.8. The number of hydrogen-bond donors (Lipinski definition) is 1. The molecule has 184 valence electrons. The van der Waals surface area contributed by atoms with Gasteiger partial charge in [-0.15, -0.1) is 11.8 Å². The highest BCUT2D eigenvalue weighted by Crippen LogP contribution is 2.66. The maximum absolute atomic E-state index is 13.3. The molecule has 0 aromatic rings. The van der Waals surface area contributed by atoms with Gasteiger partial charge in [-0.2, -0.15) is 0 Å². The lowest BCUT2D eigenvalue weighted by Gasteiger charge is -2.60. The molecule has 6 heteroatoms. The summed E-state index contributed by atoms with van der Waals surface area (Å²) in [5.74, 6) is 1.72. The van der Waals surface area contributed by atoms with Gasteiger partial charge in [0, 0.05) is 30.1 Å². The van der Waals surface area contributed by atoms with Crippen molar-refractivity contribution in [3.63, 3.8) is 0 Å². The van der Waals surface area contributed by atoms with E-state index in [2.05, 4.69) is 46.4 Å². The third-order valence-corrected chi connectivity index (χ3v) is 10.6. The quantitative estimate of drug-likeness (QED) is 0.421. The summed E-state index contributed by atoms with van der Waals surface area (Å²) < 4.78 is 6.22. The third kappa shape index (κ3) is 4.53. The number of carbonyl (C=O) groups excluding carboxylic acids is 2. The first-order valence-electron chi connectivity index (χ1n) is 12.8. The van der Waals surface area contributed by atoms with Gasteiger partial charge in [0.2, 0.25) is 0 Å². The van der Waals surface area contributed by atoms with E-state index in [1.807, 2.05) is 0 Å². The van der Waals surface area contributed by atoms with Gasteiger partial charge in [0.05, 0.1) is 11.9 Å². The van der Waals surface area contributed by atoms with Crippen molar-refractivity contribution in [2.24, 2.45) is 34.5 Å². The largest absolute Gasteiger partial charge is 0.461 e. The van der Waals surface area contributed by atoms with Gasteiger partial charge in [0.15, 0.2) is 0 Å². The smallest absolute Gasteiger partial charge is 0.316 e. The molecule has 0 radical (unpaired) electrons. The van der Waals surface area contributed by atoms with E-state index in [-0.39, 0.29) is 40.7 Å². The van der Waals surface area contributed by atoms with Crippen molar-refractivity contribution in [3.8, 4) is 0 Å². The van der Waals surface area contributed by atoms with Crippen LogP contribution in [0.25, 0.3) is 0 Å². The zero-order chi connectivity index (χ0) is 23.7. The number of aliphatic hydroxyl groups excluding tert-OH is 1. The number of hydrogen-bond acceptors (Lipinski definition) is 6. The van der Waals surface area contributed by atoms with Gasteiger partial charge < -0.3 is 14.7 Å². The number of esters is 1. The van der Waals surface area contributed by atoms with Crippen LogP contribution in [0.4, 0.5) is 0 Å². The van der Waals surface area contributed by atoms with E-state index in [9.17, 15) is 14.7 Å². The molecule has 0 spiro atoms. The molecular formula is C26H45NO4S. The minimum Gasteiger partial charge on any atom is -0.461 e. The van der Waals surface area contributed by atoms with Crippen molar-refractivity contribution in [1.82, 2.24) is 4.90 Å². The third-order valence-electron chi connectivity index (χ3n) is 9.68. The van der Waals surface area contributed by atoms with Crippen LogP contribution in [0.1, 0.15) is 73.6 Å². The molecule has 0 aromatic carbocycles. The summed E-state index contributed by atoms with van der Waals surface area (Å²) in [6.45, 7) is 16.0. The number of Topliss-reactive ketones (excluding diaryl/α,β-unsaturated/α-hetero) is 1. The maximum Gasteiger partial charge on any atom is 0.316 e. The number of nitrogens with zero attached hydrogens (tertiary/aromatic N) is 1. The summed E-state index contributed by atoms with van der Waals surface area (Å²) in [5, 5.41) is 11.2. The highest BCUT2D eigenvalue weighted by molar-refractivity contribution is 7.99. The zero-order valence-corrected chi connectivity index (χ0v) is 21.9. The van der Waals surface area contributed by atoms with E-state index < -0.39 is 6.10 Å².